The highest BCUT2D eigenvalue weighted by atomic mass is 79.9. The molecule has 0 aliphatic carbocycles. The van der Waals surface area contributed by atoms with Crippen LogP contribution >= 0.6 is 15.9 Å². The summed E-state index contributed by atoms with van der Waals surface area (Å²) >= 11 is 3.36. The van der Waals surface area contributed by atoms with Crippen molar-refractivity contribution >= 4 is 39.4 Å². The predicted molar refractivity (Wildman–Crippen MR) is 174 cm³/mol. The van der Waals surface area contributed by atoms with E-state index in [0.717, 1.165) is 62.3 Å². The lowest BCUT2D eigenvalue weighted by Crippen LogP contribution is -2.21. The SMILES string of the molecule is CCCCCCC(=O)Oc1c(O)c(O)c(C(=O)CCCCCC)c(C(=O)OCc2ccc(Br)cc2)c1C(=O)CCCCCC. The average molecular weight is 676 g/mol. The Hall–Kier alpha value is -3.20. The van der Waals surface area contributed by atoms with E-state index in [1.807, 2.05) is 20.8 Å². The zero-order chi connectivity index (χ0) is 32.5. The Bertz CT molecular complexity index is 1250. The normalized spacial score (nSPS) is 10.9. The molecule has 0 unspecified atom stereocenters. The van der Waals surface area contributed by atoms with Gasteiger partial charge in [-0.25, -0.2) is 4.79 Å². The summed E-state index contributed by atoms with van der Waals surface area (Å²) in [7, 11) is 0. The highest BCUT2D eigenvalue weighted by molar-refractivity contribution is 9.10. The van der Waals surface area contributed by atoms with Gasteiger partial charge in [-0.15, -0.1) is 0 Å². The predicted octanol–water partition coefficient (Wildman–Crippen LogP) is 9.40. The molecule has 0 fully saturated rings. The van der Waals surface area contributed by atoms with Gasteiger partial charge in [0.1, 0.15) is 6.61 Å². The van der Waals surface area contributed by atoms with Crippen LogP contribution in [0, 0.1) is 0 Å². The van der Waals surface area contributed by atoms with Gasteiger partial charge in [0, 0.05) is 23.7 Å². The molecule has 0 saturated carbocycles. The average Bonchev–Trinajstić information content (AvgIpc) is 3.01. The number of phenols is 2. The third-order valence-corrected chi connectivity index (χ3v) is 7.94. The summed E-state index contributed by atoms with van der Waals surface area (Å²) in [6.07, 6.45) is 9.43. The highest BCUT2D eigenvalue weighted by Crippen LogP contribution is 2.46. The lowest BCUT2D eigenvalue weighted by atomic mass is 9.89. The van der Waals surface area contributed by atoms with Gasteiger partial charge < -0.3 is 19.7 Å². The molecule has 0 aromatic heterocycles. The maximum absolute atomic E-state index is 13.8. The minimum atomic E-state index is -1.03. The molecule has 0 saturated heterocycles. The number of esters is 2. The molecule has 0 bridgehead atoms. The van der Waals surface area contributed by atoms with Crippen LogP contribution in [0.25, 0.3) is 0 Å². The fourth-order valence-corrected chi connectivity index (χ4v) is 5.14. The molecule has 2 aromatic carbocycles. The topological polar surface area (TPSA) is 127 Å². The van der Waals surface area contributed by atoms with E-state index in [1.165, 1.54) is 0 Å². The molecule has 0 spiro atoms. The van der Waals surface area contributed by atoms with E-state index in [0.29, 0.717) is 24.8 Å². The lowest BCUT2D eigenvalue weighted by molar-refractivity contribution is -0.134. The van der Waals surface area contributed by atoms with Gasteiger partial charge >= 0.3 is 11.9 Å². The largest absolute Gasteiger partial charge is 0.504 e. The zero-order valence-electron chi connectivity index (χ0n) is 26.3. The van der Waals surface area contributed by atoms with Gasteiger partial charge in [0.2, 0.25) is 5.75 Å². The maximum Gasteiger partial charge on any atom is 0.340 e. The number of ketones is 2. The van der Waals surface area contributed by atoms with Crippen LogP contribution in [0.2, 0.25) is 0 Å². The number of carbonyl (C=O) groups is 4. The second-order valence-corrected chi connectivity index (χ2v) is 12.0. The van der Waals surface area contributed by atoms with Crippen molar-refractivity contribution in [2.45, 2.75) is 124 Å². The number of Topliss-reactive ketones (excluding diaryl/α,β-unsaturated/α-hetero) is 2. The summed E-state index contributed by atoms with van der Waals surface area (Å²) < 4.78 is 11.9. The number of rotatable bonds is 21. The first-order valence-corrected chi connectivity index (χ1v) is 16.8. The van der Waals surface area contributed by atoms with E-state index >= 15 is 0 Å². The Morgan fingerprint density at radius 3 is 1.66 bits per heavy atom. The molecule has 0 atom stereocenters. The Balaban J connectivity index is 2.64. The van der Waals surface area contributed by atoms with Gasteiger partial charge in [0.15, 0.2) is 23.1 Å². The number of benzene rings is 2. The molecule has 2 aromatic rings. The number of ether oxygens (including phenoxy) is 2. The van der Waals surface area contributed by atoms with Crippen molar-refractivity contribution in [2.75, 3.05) is 0 Å². The number of phenolic OH excluding ortho intramolecular Hbond substituents is 2. The number of halogens is 1. The standard InChI is InChI=1S/C35H47BrO8/c1-4-7-10-13-16-26(37)29-31(35(42)43-23-24-19-21-25(36)22-20-24)30(27(38)17-14-11-8-5-2)34(33(41)32(29)40)44-28(39)18-15-12-9-6-3/h19-22,40-41H,4-18,23H2,1-3H3. The third kappa shape index (κ3) is 11.4. The van der Waals surface area contributed by atoms with E-state index in [4.69, 9.17) is 9.47 Å². The van der Waals surface area contributed by atoms with Crippen molar-refractivity contribution in [3.63, 3.8) is 0 Å². The molecular formula is C35H47BrO8. The van der Waals surface area contributed by atoms with Gasteiger partial charge in [-0.1, -0.05) is 107 Å². The Labute approximate surface area is 269 Å². The van der Waals surface area contributed by atoms with Crippen LogP contribution in [0.3, 0.4) is 0 Å². The number of unbranched alkanes of at least 4 members (excludes halogenated alkanes) is 9. The molecule has 8 nitrogen and oxygen atoms in total. The van der Waals surface area contributed by atoms with Crippen molar-refractivity contribution in [2.24, 2.45) is 0 Å². The Kier molecular flexibility index (Phi) is 16.8. The molecule has 0 aliphatic heterocycles. The van der Waals surface area contributed by atoms with E-state index in [9.17, 15) is 29.4 Å². The molecule has 9 heteroatoms. The first-order chi connectivity index (χ1) is 21.2. The van der Waals surface area contributed by atoms with E-state index in [2.05, 4.69) is 15.9 Å². The first kappa shape index (κ1) is 37.0. The fourth-order valence-electron chi connectivity index (χ4n) is 4.88. The molecule has 0 amide bonds. The van der Waals surface area contributed by atoms with E-state index in [-0.39, 0.29) is 25.9 Å². The molecule has 2 rings (SSSR count). The molecule has 2 N–H and O–H groups in total. The summed E-state index contributed by atoms with van der Waals surface area (Å²) in [5.41, 5.74) is -0.716. The lowest BCUT2D eigenvalue weighted by Gasteiger charge is -2.20. The molecular weight excluding hydrogens is 628 g/mol. The summed E-state index contributed by atoms with van der Waals surface area (Å²) in [6, 6.07) is 7.06. The Morgan fingerprint density at radius 2 is 1.14 bits per heavy atom. The van der Waals surface area contributed by atoms with Crippen LogP contribution in [0.15, 0.2) is 28.7 Å². The Morgan fingerprint density at radius 1 is 0.636 bits per heavy atom. The van der Waals surface area contributed by atoms with E-state index < -0.39 is 57.4 Å². The van der Waals surface area contributed by atoms with Crippen LogP contribution in [-0.2, 0) is 16.1 Å². The molecule has 0 aliphatic rings. The zero-order valence-corrected chi connectivity index (χ0v) is 27.9. The monoisotopic (exact) mass is 674 g/mol. The highest BCUT2D eigenvalue weighted by Gasteiger charge is 2.36. The van der Waals surface area contributed by atoms with Crippen molar-refractivity contribution in [1.82, 2.24) is 0 Å². The number of hydrogen-bond acceptors (Lipinski definition) is 8. The van der Waals surface area contributed by atoms with Crippen LogP contribution < -0.4 is 4.74 Å². The first-order valence-electron chi connectivity index (χ1n) is 16.0. The molecule has 44 heavy (non-hydrogen) atoms. The minimum Gasteiger partial charge on any atom is -0.504 e. The van der Waals surface area contributed by atoms with Gasteiger partial charge in [0.05, 0.1) is 16.7 Å². The second-order valence-electron chi connectivity index (χ2n) is 11.1. The van der Waals surface area contributed by atoms with Crippen LogP contribution in [0.4, 0.5) is 0 Å². The number of carbonyl (C=O) groups excluding carboxylic acids is 4. The van der Waals surface area contributed by atoms with Gasteiger partial charge in [-0.3, -0.25) is 14.4 Å². The van der Waals surface area contributed by atoms with Gasteiger partial charge in [-0.2, -0.15) is 0 Å². The van der Waals surface area contributed by atoms with Crippen molar-refractivity contribution in [3.8, 4) is 17.2 Å². The molecule has 0 radical (unpaired) electrons. The van der Waals surface area contributed by atoms with Gasteiger partial charge in [-0.05, 0) is 37.0 Å². The van der Waals surface area contributed by atoms with Crippen molar-refractivity contribution in [3.05, 3.63) is 51.0 Å². The molecule has 242 valence electrons. The van der Waals surface area contributed by atoms with Crippen molar-refractivity contribution < 1.29 is 38.9 Å². The number of aromatic hydroxyl groups is 2. The second kappa shape index (κ2) is 20.0. The summed E-state index contributed by atoms with van der Waals surface area (Å²) in [6.45, 7) is 5.94. The van der Waals surface area contributed by atoms with Crippen LogP contribution in [0.1, 0.15) is 154 Å². The molecule has 0 heterocycles. The van der Waals surface area contributed by atoms with Crippen molar-refractivity contribution in [1.29, 1.82) is 0 Å². The number of hydrogen-bond donors (Lipinski definition) is 2. The maximum atomic E-state index is 13.8. The smallest absolute Gasteiger partial charge is 0.340 e. The van der Waals surface area contributed by atoms with Crippen LogP contribution in [-0.4, -0.2) is 33.7 Å². The van der Waals surface area contributed by atoms with E-state index in [1.54, 1.807) is 24.3 Å². The minimum absolute atomic E-state index is 0.0115. The van der Waals surface area contributed by atoms with Gasteiger partial charge in [0.25, 0.3) is 0 Å². The summed E-state index contributed by atoms with van der Waals surface area (Å²) in [4.78, 5) is 53.9. The summed E-state index contributed by atoms with van der Waals surface area (Å²) in [5, 5.41) is 22.2. The third-order valence-electron chi connectivity index (χ3n) is 7.41. The van der Waals surface area contributed by atoms with Crippen LogP contribution in [0.5, 0.6) is 17.2 Å². The summed E-state index contributed by atoms with van der Waals surface area (Å²) in [5.74, 6) is -5.37. The quantitative estimate of drug-likeness (QED) is 0.0441. The fraction of sp³-hybridized carbons (Fsp3) is 0.543.